The van der Waals surface area contributed by atoms with Gasteiger partial charge in [-0.1, -0.05) is 60.7 Å². The van der Waals surface area contributed by atoms with Crippen LogP contribution in [0.1, 0.15) is 31.0 Å². The first-order valence-electron chi connectivity index (χ1n) is 8.20. The molecule has 126 valence electrons. The van der Waals surface area contributed by atoms with Gasteiger partial charge in [0.15, 0.2) is 0 Å². The second-order valence-corrected chi connectivity index (χ2v) is 5.82. The fourth-order valence-corrected chi connectivity index (χ4v) is 2.63. The Bertz CT molecular complexity index is 656. The molecular weight excluding hydrogens is 300 g/mol. The summed E-state index contributed by atoms with van der Waals surface area (Å²) in [5.74, 6) is -0.242. The number of carbonyl (C=O) groups excluding carboxylic acids is 2. The minimum Gasteiger partial charge on any atom is -0.354 e. The van der Waals surface area contributed by atoms with E-state index in [1.54, 1.807) is 4.90 Å². The monoisotopic (exact) mass is 324 g/mol. The maximum Gasteiger partial charge on any atom is 0.239 e. The van der Waals surface area contributed by atoms with Gasteiger partial charge < -0.3 is 10.2 Å². The highest BCUT2D eigenvalue weighted by Gasteiger charge is 2.20. The van der Waals surface area contributed by atoms with Gasteiger partial charge in [-0.2, -0.15) is 0 Å². The first-order chi connectivity index (χ1) is 11.6. The average Bonchev–Trinajstić information content (AvgIpc) is 2.60. The Morgan fingerprint density at radius 2 is 1.58 bits per heavy atom. The van der Waals surface area contributed by atoms with Gasteiger partial charge >= 0.3 is 0 Å². The van der Waals surface area contributed by atoms with E-state index in [4.69, 9.17) is 0 Å². The quantitative estimate of drug-likeness (QED) is 0.851. The zero-order chi connectivity index (χ0) is 17.4. The van der Waals surface area contributed by atoms with Gasteiger partial charge in [0.1, 0.15) is 6.54 Å². The van der Waals surface area contributed by atoms with Crippen LogP contribution in [0.5, 0.6) is 0 Å². The Morgan fingerprint density at radius 1 is 1.00 bits per heavy atom. The molecule has 0 saturated heterocycles. The van der Waals surface area contributed by atoms with Crippen LogP contribution in [0.4, 0.5) is 0 Å². The van der Waals surface area contributed by atoms with Crippen LogP contribution >= 0.6 is 0 Å². The normalized spacial score (nSPS) is 11.6. The predicted molar refractivity (Wildman–Crippen MR) is 95.4 cm³/mol. The number of benzene rings is 2. The number of nitrogens with one attached hydrogen (secondary N) is 1. The fraction of sp³-hybridized carbons (Fsp3) is 0.300. The Kier molecular flexibility index (Phi) is 6.55. The maximum atomic E-state index is 12.2. The molecule has 1 atom stereocenters. The van der Waals surface area contributed by atoms with Crippen molar-refractivity contribution < 1.29 is 9.59 Å². The van der Waals surface area contributed by atoms with Gasteiger partial charge in [-0.15, -0.1) is 0 Å². The molecule has 0 radical (unpaired) electrons. The van der Waals surface area contributed by atoms with Crippen molar-refractivity contribution in [2.45, 2.75) is 26.3 Å². The average molecular weight is 324 g/mol. The number of carbonyl (C=O) groups is 2. The standard InChI is InChI=1S/C20H24N2O2/c1-16(19-11-7-4-8-12-19)22(17(2)23)15-20(24)21-14-13-18-9-5-3-6-10-18/h3-12,16H,13-15H2,1-2H3,(H,21,24). The molecule has 2 aromatic carbocycles. The lowest BCUT2D eigenvalue weighted by Gasteiger charge is -2.28. The van der Waals surface area contributed by atoms with Crippen molar-refractivity contribution in [2.75, 3.05) is 13.1 Å². The molecule has 2 aromatic rings. The third-order valence-corrected chi connectivity index (χ3v) is 4.05. The van der Waals surface area contributed by atoms with Crippen LogP contribution in [0, 0.1) is 0 Å². The molecule has 0 fully saturated rings. The van der Waals surface area contributed by atoms with E-state index in [9.17, 15) is 9.59 Å². The van der Waals surface area contributed by atoms with Gasteiger partial charge in [-0.25, -0.2) is 0 Å². The third-order valence-electron chi connectivity index (χ3n) is 4.05. The largest absolute Gasteiger partial charge is 0.354 e. The number of hydrogen-bond acceptors (Lipinski definition) is 2. The summed E-state index contributed by atoms with van der Waals surface area (Å²) in [6.45, 7) is 4.07. The van der Waals surface area contributed by atoms with Crippen LogP contribution in [-0.4, -0.2) is 29.8 Å². The summed E-state index contributed by atoms with van der Waals surface area (Å²) in [5.41, 5.74) is 2.20. The molecule has 0 aliphatic heterocycles. The van der Waals surface area contributed by atoms with Crippen LogP contribution in [0.2, 0.25) is 0 Å². The summed E-state index contributed by atoms with van der Waals surface area (Å²) in [6, 6.07) is 19.6. The summed E-state index contributed by atoms with van der Waals surface area (Å²) in [5, 5.41) is 2.89. The van der Waals surface area contributed by atoms with Gasteiger partial charge in [0, 0.05) is 13.5 Å². The van der Waals surface area contributed by atoms with Gasteiger partial charge in [0.2, 0.25) is 11.8 Å². The smallest absolute Gasteiger partial charge is 0.239 e. The molecule has 0 saturated carbocycles. The van der Waals surface area contributed by atoms with E-state index in [1.807, 2.05) is 67.6 Å². The Balaban J connectivity index is 1.88. The van der Waals surface area contributed by atoms with Crippen LogP contribution in [0.3, 0.4) is 0 Å². The molecule has 0 spiro atoms. The van der Waals surface area contributed by atoms with Crippen LogP contribution in [0.15, 0.2) is 60.7 Å². The van der Waals surface area contributed by atoms with Crippen molar-refractivity contribution in [3.63, 3.8) is 0 Å². The Labute approximate surface area is 143 Å². The molecule has 0 aliphatic rings. The number of amides is 2. The van der Waals surface area contributed by atoms with Crippen LogP contribution in [0.25, 0.3) is 0 Å². The highest BCUT2D eigenvalue weighted by molar-refractivity contribution is 5.84. The molecule has 0 bridgehead atoms. The highest BCUT2D eigenvalue weighted by atomic mass is 16.2. The van der Waals surface area contributed by atoms with Gasteiger partial charge in [0.05, 0.1) is 6.04 Å². The third kappa shape index (κ3) is 5.23. The summed E-state index contributed by atoms with van der Waals surface area (Å²) < 4.78 is 0. The number of hydrogen-bond donors (Lipinski definition) is 1. The van der Waals surface area contributed by atoms with Crippen molar-refractivity contribution in [3.05, 3.63) is 71.8 Å². The fourth-order valence-electron chi connectivity index (χ4n) is 2.63. The first-order valence-corrected chi connectivity index (χ1v) is 8.20. The Morgan fingerprint density at radius 3 is 2.17 bits per heavy atom. The zero-order valence-electron chi connectivity index (χ0n) is 14.2. The second-order valence-electron chi connectivity index (χ2n) is 5.82. The van der Waals surface area contributed by atoms with Crippen molar-refractivity contribution in [1.82, 2.24) is 10.2 Å². The number of nitrogens with zero attached hydrogens (tertiary/aromatic N) is 1. The summed E-state index contributed by atoms with van der Waals surface area (Å²) in [4.78, 5) is 25.7. The maximum absolute atomic E-state index is 12.2. The molecule has 2 rings (SSSR count). The van der Waals surface area contributed by atoms with Crippen LogP contribution in [-0.2, 0) is 16.0 Å². The summed E-state index contributed by atoms with van der Waals surface area (Å²) in [7, 11) is 0. The van der Waals surface area contributed by atoms with E-state index >= 15 is 0 Å². The van der Waals surface area contributed by atoms with Crippen molar-refractivity contribution in [3.8, 4) is 0 Å². The molecule has 1 N–H and O–H groups in total. The molecule has 4 nitrogen and oxygen atoms in total. The van der Waals surface area contributed by atoms with E-state index in [1.165, 1.54) is 12.5 Å². The lowest BCUT2D eigenvalue weighted by atomic mass is 10.1. The van der Waals surface area contributed by atoms with Crippen molar-refractivity contribution in [2.24, 2.45) is 0 Å². The van der Waals surface area contributed by atoms with Crippen molar-refractivity contribution >= 4 is 11.8 Å². The number of rotatable bonds is 7. The lowest BCUT2D eigenvalue weighted by Crippen LogP contribution is -2.41. The molecule has 0 heterocycles. The molecule has 1 unspecified atom stereocenters. The summed E-state index contributed by atoms with van der Waals surface area (Å²) in [6.07, 6.45) is 0.779. The van der Waals surface area contributed by atoms with Gasteiger partial charge in [0.25, 0.3) is 0 Å². The molecular formula is C20H24N2O2. The SMILES string of the molecule is CC(=O)N(CC(=O)NCCc1ccccc1)C(C)c1ccccc1. The topological polar surface area (TPSA) is 49.4 Å². The molecule has 4 heteroatoms. The Hall–Kier alpha value is -2.62. The van der Waals surface area contributed by atoms with Gasteiger partial charge in [-0.3, -0.25) is 9.59 Å². The molecule has 0 aromatic heterocycles. The van der Waals surface area contributed by atoms with Crippen LogP contribution < -0.4 is 5.32 Å². The highest BCUT2D eigenvalue weighted by Crippen LogP contribution is 2.19. The van der Waals surface area contributed by atoms with Crippen molar-refractivity contribution in [1.29, 1.82) is 0 Å². The van der Waals surface area contributed by atoms with Gasteiger partial charge in [-0.05, 0) is 24.5 Å². The first kappa shape index (κ1) is 17.7. The molecule has 2 amide bonds. The zero-order valence-corrected chi connectivity index (χ0v) is 14.2. The van der Waals surface area contributed by atoms with E-state index in [2.05, 4.69) is 5.32 Å². The second kappa shape index (κ2) is 8.87. The van der Waals surface area contributed by atoms with E-state index < -0.39 is 0 Å². The minimum absolute atomic E-state index is 0.0696. The predicted octanol–water partition coefficient (Wildman–Crippen LogP) is 2.96. The molecule has 24 heavy (non-hydrogen) atoms. The van der Waals surface area contributed by atoms with E-state index in [0.29, 0.717) is 6.54 Å². The van der Waals surface area contributed by atoms with E-state index in [-0.39, 0.29) is 24.4 Å². The summed E-state index contributed by atoms with van der Waals surface area (Å²) >= 11 is 0. The lowest BCUT2D eigenvalue weighted by molar-refractivity contribution is -0.136. The molecule has 0 aliphatic carbocycles. The minimum atomic E-state index is -0.136. The van der Waals surface area contributed by atoms with E-state index in [0.717, 1.165) is 12.0 Å².